The van der Waals surface area contributed by atoms with Crippen molar-refractivity contribution in [3.8, 4) is 0 Å². The number of primary amides is 1. The number of rotatable bonds is 3. The van der Waals surface area contributed by atoms with Gasteiger partial charge in [0.25, 0.3) is 0 Å². The van der Waals surface area contributed by atoms with Gasteiger partial charge in [-0.1, -0.05) is 6.07 Å². The molecule has 0 radical (unpaired) electrons. The van der Waals surface area contributed by atoms with Crippen LogP contribution in [0.25, 0.3) is 0 Å². The van der Waals surface area contributed by atoms with Crippen LogP contribution in [0.15, 0.2) is 24.4 Å². The number of anilines is 1. The summed E-state index contributed by atoms with van der Waals surface area (Å²) in [6.07, 6.45) is 3.72. The zero-order chi connectivity index (χ0) is 13.7. The zero-order valence-corrected chi connectivity index (χ0v) is 10.7. The van der Waals surface area contributed by atoms with Crippen LogP contribution in [0, 0.1) is 5.92 Å². The maximum absolute atomic E-state index is 11.1. The first-order chi connectivity index (χ1) is 9.16. The lowest BCUT2D eigenvalue weighted by atomic mass is 9.97. The summed E-state index contributed by atoms with van der Waals surface area (Å²) in [6, 6.07) is 5.87. The zero-order valence-electron chi connectivity index (χ0n) is 10.7. The molecule has 3 N–H and O–H groups in total. The maximum atomic E-state index is 11.1. The van der Waals surface area contributed by atoms with Crippen molar-refractivity contribution in [2.24, 2.45) is 11.7 Å². The predicted molar refractivity (Wildman–Crippen MR) is 71.4 cm³/mol. The molecule has 1 aliphatic heterocycles. The van der Waals surface area contributed by atoms with E-state index in [1.54, 1.807) is 6.20 Å². The van der Waals surface area contributed by atoms with Crippen molar-refractivity contribution < 1.29 is 9.59 Å². The summed E-state index contributed by atoms with van der Waals surface area (Å²) in [5.74, 6) is -0.247. The Morgan fingerprint density at radius 3 is 2.68 bits per heavy atom. The Bertz CT molecular complexity index is 441. The molecule has 0 aromatic carbocycles. The number of nitrogens with zero attached hydrogens (tertiary/aromatic N) is 2. The Kier molecular flexibility index (Phi) is 4.33. The number of hydrogen-bond acceptors (Lipinski definition) is 4. The Labute approximate surface area is 112 Å². The third kappa shape index (κ3) is 3.67. The smallest absolute Gasteiger partial charge is 0.309 e. The molecule has 1 aliphatic rings. The molecule has 102 valence electrons. The molecule has 6 nitrogen and oxygen atoms in total. The standard InChI is InChI=1S/C13H18N4O2/c14-12(18)13(19)16-9-10-4-7-17(8-5-10)11-3-1-2-6-15-11/h1-3,6,10H,4-5,7-9H2,(H2,14,18)(H,16,19). The van der Waals surface area contributed by atoms with E-state index in [0.29, 0.717) is 12.5 Å². The Hall–Kier alpha value is -2.11. The Morgan fingerprint density at radius 2 is 2.11 bits per heavy atom. The van der Waals surface area contributed by atoms with Gasteiger partial charge >= 0.3 is 11.8 Å². The van der Waals surface area contributed by atoms with Crippen LogP contribution in [0.5, 0.6) is 0 Å². The SMILES string of the molecule is NC(=O)C(=O)NCC1CCN(c2ccccn2)CC1. The lowest BCUT2D eigenvalue weighted by molar-refractivity contribution is -0.137. The van der Waals surface area contributed by atoms with E-state index in [1.165, 1.54) is 0 Å². The first-order valence-corrected chi connectivity index (χ1v) is 6.40. The fraction of sp³-hybridized carbons (Fsp3) is 0.462. The number of pyridine rings is 1. The van der Waals surface area contributed by atoms with Gasteiger partial charge in [0.1, 0.15) is 5.82 Å². The van der Waals surface area contributed by atoms with Crippen LogP contribution in [-0.2, 0) is 9.59 Å². The highest BCUT2D eigenvalue weighted by Crippen LogP contribution is 2.20. The average Bonchev–Trinajstić information content (AvgIpc) is 2.46. The average molecular weight is 262 g/mol. The summed E-state index contributed by atoms with van der Waals surface area (Å²) >= 11 is 0. The molecule has 0 bridgehead atoms. The van der Waals surface area contributed by atoms with Crippen molar-refractivity contribution in [2.75, 3.05) is 24.5 Å². The normalized spacial score (nSPS) is 16.1. The largest absolute Gasteiger partial charge is 0.361 e. The van der Waals surface area contributed by atoms with Crippen molar-refractivity contribution >= 4 is 17.6 Å². The lowest BCUT2D eigenvalue weighted by Gasteiger charge is -2.32. The number of piperidine rings is 1. The molecule has 1 aromatic heterocycles. The van der Waals surface area contributed by atoms with Crippen LogP contribution in [0.4, 0.5) is 5.82 Å². The first-order valence-electron chi connectivity index (χ1n) is 6.40. The van der Waals surface area contributed by atoms with Crippen molar-refractivity contribution in [3.63, 3.8) is 0 Å². The summed E-state index contributed by atoms with van der Waals surface area (Å²) in [6.45, 7) is 2.33. The third-order valence-electron chi connectivity index (χ3n) is 3.36. The van der Waals surface area contributed by atoms with Gasteiger partial charge in [0.2, 0.25) is 0 Å². The maximum Gasteiger partial charge on any atom is 0.309 e. The molecule has 0 aliphatic carbocycles. The monoisotopic (exact) mass is 262 g/mol. The molecule has 1 aromatic rings. The number of carbonyl (C=O) groups is 2. The van der Waals surface area contributed by atoms with Crippen molar-refractivity contribution in [1.82, 2.24) is 10.3 Å². The van der Waals surface area contributed by atoms with Gasteiger partial charge < -0.3 is 16.0 Å². The predicted octanol–water partition coefficient (Wildman–Crippen LogP) is -0.101. The van der Waals surface area contributed by atoms with Crippen LogP contribution in [-0.4, -0.2) is 36.4 Å². The molecule has 2 amide bonds. The van der Waals surface area contributed by atoms with Crippen LogP contribution in [0.1, 0.15) is 12.8 Å². The van der Waals surface area contributed by atoms with Crippen LogP contribution >= 0.6 is 0 Å². The van der Waals surface area contributed by atoms with E-state index in [4.69, 9.17) is 5.73 Å². The molecule has 2 heterocycles. The molecule has 0 unspecified atom stereocenters. The minimum Gasteiger partial charge on any atom is -0.361 e. The van der Waals surface area contributed by atoms with E-state index < -0.39 is 11.8 Å². The lowest BCUT2D eigenvalue weighted by Crippen LogP contribution is -2.42. The number of nitrogens with two attached hydrogens (primary N) is 1. The Balaban J connectivity index is 1.77. The summed E-state index contributed by atoms with van der Waals surface area (Å²) in [7, 11) is 0. The van der Waals surface area contributed by atoms with Crippen LogP contribution in [0.3, 0.4) is 0 Å². The molecular weight excluding hydrogens is 244 g/mol. The van der Waals surface area contributed by atoms with E-state index in [0.717, 1.165) is 31.7 Å². The molecule has 19 heavy (non-hydrogen) atoms. The topological polar surface area (TPSA) is 88.3 Å². The van der Waals surface area contributed by atoms with Gasteiger partial charge in [0, 0.05) is 25.8 Å². The molecule has 2 rings (SSSR count). The fourth-order valence-corrected chi connectivity index (χ4v) is 2.23. The molecule has 1 saturated heterocycles. The highest BCUT2D eigenvalue weighted by Gasteiger charge is 2.21. The van der Waals surface area contributed by atoms with Gasteiger partial charge in [0.15, 0.2) is 0 Å². The van der Waals surface area contributed by atoms with Gasteiger partial charge in [-0.05, 0) is 30.9 Å². The summed E-state index contributed by atoms with van der Waals surface area (Å²) < 4.78 is 0. The second-order valence-corrected chi connectivity index (χ2v) is 4.69. The quantitative estimate of drug-likeness (QED) is 0.744. The first kappa shape index (κ1) is 13.3. The van der Waals surface area contributed by atoms with E-state index in [9.17, 15) is 9.59 Å². The van der Waals surface area contributed by atoms with Gasteiger partial charge in [0.05, 0.1) is 0 Å². The van der Waals surface area contributed by atoms with Gasteiger partial charge in [-0.2, -0.15) is 0 Å². The molecule has 0 spiro atoms. The van der Waals surface area contributed by atoms with Crippen molar-refractivity contribution in [2.45, 2.75) is 12.8 Å². The number of nitrogens with one attached hydrogen (secondary N) is 1. The summed E-state index contributed by atoms with van der Waals surface area (Å²) in [4.78, 5) is 28.2. The van der Waals surface area contributed by atoms with E-state index >= 15 is 0 Å². The number of hydrogen-bond donors (Lipinski definition) is 2. The van der Waals surface area contributed by atoms with E-state index in [1.807, 2.05) is 18.2 Å². The number of carbonyl (C=O) groups excluding carboxylic acids is 2. The number of amides is 2. The molecule has 0 atom stereocenters. The van der Waals surface area contributed by atoms with Crippen molar-refractivity contribution in [3.05, 3.63) is 24.4 Å². The highest BCUT2D eigenvalue weighted by atomic mass is 16.2. The Morgan fingerprint density at radius 1 is 1.37 bits per heavy atom. The molecule has 1 fully saturated rings. The van der Waals surface area contributed by atoms with Gasteiger partial charge in [-0.15, -0.1) is 0 Å². The summed E-state index contributed by atoms with van der Waals surface area (Å²) in [5, 5.41) is 2.56. The fourth-order valence-electron chi connectivity index (χ4n) is 2.23. The van der Waals surface area contributed by atoms with E-state index in [-0.39, 0.29) is 0 Å². The molecule has 6 heteroatoms. The van der Waals surface area contributed by atoms with Crippen LogP contribution in [0.2, 0.25) is 0 Å². The minimum atomic E-state index is -0.925. The molecular formula is C13H18N4O2. The number of aromatic nitrogens is 1. The van der Waals surface area contributed by atoms with Crippen molar-refractivity contribution in [1.29, 1.82) is 0 Å². The van der Waals surface area contributed by atoms with Crippen LogP contribution < -0.4 is 16.0 Å². The van der Waals surface area contributed by atoms with E-state index in [2.05, 4.69) is 15.2 Å². The minimum absolute atomic E-state index is 0.392. The van der Waals surface area contributed by atoms with Gasteiger partial charge in [-0.25, -0.2) is 4.98 Å². The summed E-state index contributed by atoms with van der Waals surface area (Å²) in [5.41, 5.74) is 4.88. The second-order valence-electron chi connectivity index (χ2n) is 4.69. The second kappa shape index (κ2) is 6.17. The third-order valence-corrected chi connectivity index (χ3v) is 3.36. The molecule has 0 saturated carbocycles. The van der Waals surface area contributed by atoms with Gasteiger partial charge in [-0.3, -0.25) is 9.59 Å². The highest BCUT2D eigenvalue weighted by molar-refractivity contribution is 6.34.